The van der Waals surface area contributed by atoms with Gasteiger partial charge in [-0.2, -0.15) is 0 Å². The van der Waals surface area contributed by atoms with Crippen molar-refractivity contribution >= 4 is 31.9 Å². The fraction of sp³-hybridized carbons (Fsp3) is 0.364. The number of alkyl halides is 1. The molecule has 0 unspecified atom stereocenters. The lowest BCUT2D eigenvalue weighted by Gasteiger charge is -2.10. The van der Waals surface area contributed by atoms with Crippen LogP contribution in [0.25, 0.3) is 0 Å². The second-order valence-electron chi connectivity index (χ2n) is 3.92. The molecule has 5 nitrogen and oxygen atoms in total. The molecule has 3 N–H and O–H groups in total. The monoisotopic (exact) mass is 352 g/mol. The summed E-state index contributed by atoms with van der Waals surface area (Å²) in [5, 5.41) is 7.55. The van der Waals surface area contributed by atoms with Gasteiger partial charge in [-0.25, -0.2) is 13.6 Å². The number of benzene rings is 1. The third-order valence-electron chi connectivity index (χ3n) is 2.49. The van der Waals surface area contributed by atoms with Gasteiger partial charge >= 0.3 is 0 Å². The van der Waals surface area contributed by atoms with E-state index in [0.717, 1.165) is 0 Å². The second-order valence-corrected chi connectivity index (χ2v) is 6.34. The quantitative estimate of drug-likeness (QED) is 0.786. The van der Waals surface area contributed by atoms with E-state index >= 15 is 0 Å². The van der Waals surface area contributed by atoms with Gasteiger partial charge in [-0.15, -0.1) is 0 Å². The molecule has 0 spiro atoms. The number of halogens is 2. The molecule has 0 aliphatic rings. The predicted octanol–water partition coefficient (Wildman–Crippen LogP) is 1.49. The van der Waals surface area contributed by atoms with Crippen molar-refractivity contribution in [2.75, 3.05) is 13.2 Å². The number of hydrogen-bond donors (Lipinski definition) is 2. The molecule has 1 amide bonds. The Balaban J connectivity index is 3.13. The van der Waals surface area contributed by atoms with Gasteiger partial charge in [0.1, 0.15) is 0 Å². The SMILES string of the molecule is Cc1c(Br)cc(S(N)(=O)=O)cc1C(=O)NCCCF. The highest BCUT2D eigenvalue weighted by molar-refractivity contribution is 9.10. The van der Waals surface area contributed by atoms with Crippen molar-refractivity contribution in [2.45, 2.75) is 18.2 Å². The Labute approximate surface area is 119 Å². The van der Waals surface area contributed by atoms with Crippen LogP contribution in [0.15, 0.2) is 21.5 Å². The third kappa shape index (κ3) is 4.26. The molecule has 0 heterocycles. The second kappa shape index (κ2) is 6.44. The molecule has 0 radical (unpaired) electrons. The van der Waals surface area contributed by atoms with Crippen LogP contribution in [0.3, 0.4) is 0 Å². The lowest BCUT2D eigenvalue weighted by Crippen LogP contribution is -2.26. The Kier molecular flexibility index (Phi) is 5.45. The molecule has 1 rings (SSSR count). The van der Waals surface area contributed by atoms with Gasteiger partial charge in [0.2, 0.25) is 10.0 Å². The molecular weight excluding hydrogens is 339 g/mol. The lowest BCUT2D eigenvalue weighted by molar-refractivity contribution is 0.0951. The van der Waals surface area contributed by atoms with Crippen LogP contribution in [0.2, 0.25) is 0 Å². The van der Waals surface area contributed by atoms with Gasteiger partial charge in [-0.3, -0.25) is 9.18 Å². The van der Waals surface area contributed by atoms with E-state index in [9.17, 15) is 17.6 Å². The Morgan fingerprint density at radius 3 is 2.63 bits per heavy atom. The van der Waals surface area contributed by atoms with E-state index in [1.807, 2.05) is 0 Å². The van der Waals surface area contributed by atoms with Crippen LogP contribution >= 0.6 is 15.9 Å². The summed E-state index contributed by atoms with van der Waals surface area (Å²) in [6.07, 6.45) is 0.209. The van der Waals surface area contributed by atoms with Gasteiger partial charge in [-0.1, -0.05) is 15.9 Å². The zero-order valence-electron chi connectivity index (χ0n) is 10.2. The first-order valence-corrected chi connectivity index (χ1v) is 7.78. The van der Waals surface area contributed by atoms with Crippen molar-refractivity contribution in [3.63, 3.8) is 0 Å². The molecule has 106 valence electrons. The molecular formula is C11H14BrFN2O3S. The smallest absolute Gasteiger partial charge is 0.251 e. The number of nitrogens with two attached hydrogens (primary N) is 1. The minimum Gasteiger partial charge on any atom is -0.352 e. The first-order chi connectivity index (χ1) is 8.77. The van der Waals surface area contributed by atoms with E-state index in [1.54, 1.807) is 6.92 Å². The Morgan fingerprint density at radius 1 is 1.47 bits per heavy atom. The maximum absolute atomic E-state index is 12.0. The topological polar surface area (TPSA) is 89.3 Å². The van der Waals surface area contributed by atoms with Gasteiger partial charge in [0.05, 0.1) is 11.6 Å². The zero-order valence-corrected chi connectivity index (χ0v) is 12.6. The first-order valence-electron chi connectivity index (χ1n) is 5.44. The van der Waals surface area contributed by atoms with Gasteiger partial charge in [0, 0.05) is 16.6 Å². The van der Waals surface area contributed by atoms with Crippen LogP contribution in [-0.4, -0.2) is 27.5 Å². The van der Waals surface area contributed by atoms with E-state index in [2.05, 4.69) is 21.2 Å². The number of carbonyl (C=O) groups is 1. The van der Waals surface area contributed by atoms with Crippen molar-refractivity contribution in [1.82, 2.24) is 5.32 Å². The Hall–Kier alpha value is -0.990. The van der Waals surface area contributed by atoms with Gasteiger partial charge in [-0.05, 0) is 31.0 Å². The number of nitrogens with one attached hydrogen (secondary N) is 1. The number of hydrogen-bond acceptors (Lipinski definition) is 3. The number of amides is 1. The lowest BCUT2D eigenvalue weighted by atomic mass is 10.1. The van der Waals surface area contributed by atoms with Crippen LogP contribution in [-0.2, 0) is 10.0 Å². The molecule has 19 heavy (non-hydrogen) atoms. The van der Waals surface area contributed by atoms with Gasteiger partial charge < -0.3 is 5.32 Å². The number of sulfonamides is 1. The Bertz CT molecular complexity index is 590. The fourth-order valence-electron chi connectivity index (χ4n) is 1.42. The van der Waals surface area contributed by atoms with E-state index in [4.69, 9.17) is 5.14 Å². The summed E-state index contributed by atoms with van der Waals surface area (Å²) in [6, 6.07) is 2.54. The highest BCUT2D eigenvalue weighted by atomic mass is 79.9. The largest absolute Gasteiger partial charge is 0.352 e. The van der Waals surface area contributed by atoms with Crippen LogP contribution < -0.4 is 10.5 Å². The molecule has 1 aromatic carbocycles. The summed E-state index contributed by atoms with van der Waals surface area (Å²) >= 11 is 3.18. The summed E-state index contributed by atoms with van der Waals surface area (Å²) < 4.78 is 35.0. The standard InChI is InChI=1S/C11H14BrFN2O3S/c1-7-9(11(16)15-4-2-3-13)5-8(6-10(7)12)19(14,17)18/h5-6H,2-4H2,1H3,(H,15,16)(H2,14,17,18). The van der Waals surface area contributed by atoms with Crippen molar-refractivity contribution in [3.05, 3.63) is 27.7 Å². The van der Waals surface area contributed by atoms with Gasteiger partial charge in [0.15, 0.2) is 0 Å². The number of primary sulfonamides is 1. The Morgan fingerprint density at radius 2 is 2.11 bits per heavy atom. The summed E-state index contributed by atoms with van der Waals surface area (Å²) in [5.41, 5.74) is 0.780. The third-order valence-corrected chi connectivity index (χ3v) is 4.20. The molecule has 0 aromatic heterocycles. The fourth-order valence-corrected chi connectivity index (χ4v) is 2.59. The maximum Gasteiger partial charge on any atom is 0.251 e. The minimum absolute atomic E-state index is 0.152. The number of carbonyl (C=O) groups excluding carboxylic acids is 1. The molecule has 0 bridgehead atoms. The summed E-state index contributed by atoms with van der Waals surface area (Å²) in [4.78, 5) is 11.7. The average Bonchev–Trinajstić information content (AvgIpc) is 2.31. The normalized spacial score (nSPS) is 11.4. The minimum atomic E-state index is -3.89. The summed E-state index contributed by atoms with van der Waals surface area (Å²) in [6.45, 7) is 1.33. The molecule has 0 saturated heterocycles. The molecule has 0 aliphatic carbocycles. The van der Waals surface area contributed by atoms with E-state index in [-0.39, 0.29) is 23.4 Å². The first kappa shape index (κ1) is 16.1. The van der Waals surface area contributed by atoms with Crippen LogP contribution in [0, 0.1) is 6.92 Å². The molecule has 0 aliphatic heterocycles. The zero-order chi connectivity index (χ0) is 14.6. The molecule has 0 atom stereocenters. The molecule has 0 saturated carbocycles. The summed E-state index contributed by atoms with van der Waals surface area (Å²) in [7, 11) is -3.89. The van der Waals surface area contributed by atoms with Crippen LogP contribution in [0.5, 0.6) is 0 Å². The van der Waals surface area contributed by atoms with Crippen molar-refractivity contribution in [2.24, 2.45) is 5.14 Å². The number of rotatable bonds is 5. The predicted molar refractivity (Wildman–Crippen MR) is 73.2 cm³/mol. The molecule has 8 heteroatoms. The van der Waals surface area contributed by atoms with Crippen molar-refractivity contribution in [3.8, 4) is 0 Å². The van der Waals surface area contributed by atoms with E-state index in [1.165, 1.54) is 12.1 Å². The molecule has 1 aromatic rings. The van der Waals surface area contributed by atoms with Crippen LogP contribution in [0.4, 0.5) is 4.39 Å². The average molecular weight is 353 g/mol. The highest BCUT2D eigenvalue weighted by Crippen LogP contribution is 2.24. The molecule has 0 fully saturated rings. The maximum atomic E-state index is 12.0. The van der Waals surface area contributed by atoms with Crippen molar-refractivity contribution < 1.29 is 17.6 Å². The van der Waals surface area contributed by atoms with Crippen LogP contribution in [0.1, 0.15) is 22.3 Å². The van der Waals surface area contributed by atoms with E-state index in [0.29, 0.717) is 10.0 Å². The van der Waals surface area contributed by atoms with Gasteiger partial charge in [0.25, 0.3) is 5.91 Å². The summed E-state index contributed by atoms with van der Waals surface area (Å²) in [5.74, 6) is -0.461. The van der Waals surface area contributed by atoms with Crippen molar-refractivity contribution in [1.29, 1.82) is 0 Å². The highest BCUT2D eigenvalue weighted by Gasteiger charge is 2.17. The van der Waals surface area contributed by atoms with E-state index < -0.39 is 22.6 Å².